The normalized spacial score (nSPS) is 13.3. The van der Waals surface area contributed by atoms with Crippen molar-refractivity contribution in [3.8, 4) is 0 Å². The molecule has 0 unspecified atom stereocenters. The molecule has 1 aliphatic rings. The molecule has 2 aromatic carbocycles. The topological polar surface area (TPSA) is 49.4 Å². The Kier molecular flexibility index (Phi) is 2.76. The zero-order valence-electron chi connectivity index (χ0n) is 10.2. The summed E-state index contributed by atoms with van der Waals surface area (Å²) in [5, 5.41) is 2.72. The number of rotatable bonds is 1. The van der Waals surface area contributed by atoms with E-state index < -0.39 is 6.03 Å². The molecule has 0 aliphatic carbocycles. The van der Waals surface area contributed by atoms with Gasteiger partial charge in [-0.15, -0.1) is 0 Å². The van der Waals surface area contributed by atoms with E-state index in [1.165, 1.54) is 4.90 Å². The third-order valence-corrected chi connectivity index (χ3v) is 3.05. The first-order valence-electron chi connectivity index (χ1n) is 6.02. The highest BCUT2D eigenvalue weighted by Gasteiger charge is 2.31. The van der Waals surface area contributed by atoms with E-state index in [0.29, 0.717) is 11.4 Å². The van der Waals surface area contributed by atoms with Crippen LogP contribution in [0.25, 0.3) is 0 Å². The molecule has 0 fully saturated rings. The van der Waals surface area contributed by atoms with Gasteiger partial charge in [0.25, 0.3) is 0 Å². The Morgan fingerprint density at radius 2 is 1.68 bits per heavy atom. The number of nitrogens with one attached hydrogen (secondary N) is 1. The molecule has 1 N–H and O–H groups in total. The molecule has 1 aliphatic heterocycles. The molecule has 2 aromatic rings. The van der Waals surface area contributed by atoms with Crippen molar-refractivity contribution >= 4 is 23.3 Å². The van der Waals surface area contributed by atoms with Crippen molar-refractivity contribution in [2.24, 2.45) is 0 Å². The smallest absolute Gasteiger partial charge is 0.307 e. The van der Waals surface area contributed by atoms with E-state index in [2.05, 4.69) is 5.32 Å². The molecule has 0 aromatic heterocycles. The Hall–Kier alpha value is -2.62. The lowest BCUT2D eigenvalue weighted by Gasteiger charge is -2.16. The Morgan fingerprint density at radius 1 is 1.00 bits per heavy atom. The molecule has 94 valence electrons. The molecule has 0 atom stereocenters. The first-order valence-corrected chi connectivity index (χ1v) is 6.02. The van der Waals surface area contributed by atoms with Crippen molar-refractivity contribution < 1.29 is 9.59 Å². The Balaban J connectivity index is 1.86. The monoisotopic (exact) mass is 252 g/mol. The quantitative estimate of drug-likeness (QED) is 0.848. The molecule has 0 saturated carbocycles. The van der Waals surface area contributed by atoms with Gasteiger partial charge in [0.2, 0.25) is 5.91 Å². The molecule has 1 heterocycles. The molecule has 3 rings (SSSR count). The van der Waals surface area contributed by atoms with Crippen LogP contribution >= 0.6 is 0 Å². The maximum Gasteiger partial charge on any atom is 0.333 e. The van der Waals surface area contributed by atoms with E-state index in [4.69, 9.17) is 0 Å². The fraction of sp³-hybridized carbons (Fsp3) is 0.0667. The second kappa shape index (κ2) is 4.57. The molecular formula is C15H12N2O2. The van der Waals surface area contributed by atoms with Crippen molar-refractivity contribution in [3.05, 3.63) is 60.2 Å². The average Bonchev–Trinajstić information content (AvgIpc) is 2.75. The summed E-state index contributed by atoms with van der Waals surface area (Å²) in [4.78, 5) is 25.3. The number of carbonyl (C=O) groups excluding carboxylic acids is 2. The predicted molar refractivity (Wildman–Crippen MR) is 73.1 cm³/mol. The van der Waals surface area contributed by atoms with Crippen LogP contribution in [0.3, 0.4) is 0 Å². The van der Waals surface area contributed by atoms with Gasteiger partial charge in [-0.25, -0.2) is 9.69 Å². The van der Waals surface area contributed by atoms with Crippen LogP contribution in [0.4, 0.5) is 16.2 Å². The van der Waals surface area contributed by atoms with E-state index in [9.17, 15) is 9.59 Å². The van der Waals surface area contributed by atoms with Gasteiger partial charge < -0.3 is 5.32 Å². The number of para-hydroxylation sites is 2. The molecule has 4 nitrogen and oxygen atoms in total. The average molecular weight is 252 g/mol. The van der Waals surface area contributed by atoms with Crippen LogP contribution < -0.4 is 10.2 Å². The fourth-order valence-corrected chi connectivity index (χ4v) is 2.18. The molecule has 3 amide bonds. The first kappa shape index (κ1) is 11.5. The summed E-state index contributed by atoms with van der Waals surface area (Å²) >= 11 is 0. The number of anilines is 2. The minimum Gasteiger partial charge on any atom is -0.307 e. The van der Waals surface area contributed by atoms with Crippen LogP contribution in [0.15, 0.2) is 54.6 Å². The Bertz CT molecular complexity index is 638. The number of urea groups is 1. The highest BCUT2D eigenvalue weighted by molar-refractivity contribution is 6.22. The van der Waals surface area contributed by atoms with Crippen LogP contribution in [-0.4, -0.2) is 11.9 Å². The highest BCUT2D eigenvalue weighted by atomic mass is 16.2. The van der Waals surface area contributed by atoms with Gasteiger partial charge in [-0.1, -0.05) is 36.4 Å². The third kappa shape index (κ3) is 2.08. The minimum atomic E-state index is -0.416. The van der Waals surface area contributed by atoms with Crippen molar-refractivity contribution in [1.29, 1.82) is 0 Å². The summed E-state index contributed by atoms with van der Waals surface area (Å²) < 4.78 is 0. The first-order chi connectivity index (χ1) is 9.25. The second-order valence-corrected chi connectivity index (χ2v) is 4.33. The van der Waals surface area contributed by atoms with Gasteiger partial charge in [0.15, 0.2) is 0 Å². The second-order valence-electron chi connectivity index (χ2n) is 4.33. The van der Waals surface area contributed by atoms with E-state index in [1.807, 2.05) is 36.4 Å². The summed E-state index contributed by atoms with van der Waals surface area (Å²) in [6.45, 7) is 0. The van der Waals surface area contributed by atoms with Crippen LogP contribution in [0, 0.1) is 0 Å². The summed E-state index contributed by atoms with van der Waals surface area (Å²) in [5.41, 5.74) is 2.22. The van der Waals surface area contributed by atoms with Gasteiger partial charge in [0, 0.05) is 5.69 Å². The lowest BCUT2D eigenvalue weighted by molar-refractivity contribution is -0.116. The Morgan fingerprint density at radius 3 is 2.47 bits per heavy atom. The molecular weight excluding hydrogens is 240 g/mol. The van der Waals surface area contributed by atoms with E-state index in [1.54, 1.807) is 18.2 Å². The van der Waals surface area contributed by atoms with Crippen LogP contribution in [0.1, 0.15) is 5.56 Å². The Labute approximate surface area is 110 Å². The number of benzene rings is 2. The number of nitrogens with zero attached hydrogens (tertiary/aromatic N) is 1. The van der Waals surface area contributed by atoms with E-state index >= 15 is 0 Å². The lowest BCUT2D eigenvalue weighted by atomic mass is 10.2. The summed E-state index contributed by atoms with van der Waals surface area (Å²) in [6.07, 6.45) is 0.276. The number of hydrogen-bond donors (Lipinski definition) is 1. The molecule has 0 radical (unpaired) electrons. The van der Waals surface area contributed by atoms with Crippen molar-refractivity contribution in [1.82, 2.24) is 0 Å². The third-order valence-electron chi connectivity index (χ3n) is 3.05. The standard InChI is InChI=1S/C15H12N2O2/c18-14-10-11-6-4-5-9-13(11)17(14)15(19)16-12-7-2-1-3-8-12/h1-9H,10H2,(H,16,19). The van der Waals surface area contributed by atoms with E-state index in [0.717, 1.165) is 5.56 Å². The van der Waals surface area contributed by atoms with Crippen molar-refractivity contribution in [2.45, 2.75) is 6.42 Å². The SMILES string of the molecule is O=C1Cc2ccccc2N1C(=O)Nc1ccccc1. The van der Waals surface area contributed by atoms with Crippen molar-refractivity contribution in [2.75, 3.05) is 10.2 Å². The predicted octanol–water partition coefficient (Wildman–Crippen LogP) is 2.81. The van der Waals surface area contributed by atoms with Gasteiger partial charge in [-0.2, -0.15) is 0 Å². The van der Waals surface area contributed by atoms with E-state index in [-0.39, 0.29) is 12.3 Å². The molecule has 0 bridgehead atoms. The van der Waals surface area contributed by atoms with Crippen LogP contribution in [0.5, 0.6) is 0 Å². The number of carbonyl (C=O) groups is 2. The van der Waals surface area contributed by atoms with Gasteiger partial charge in [-0.05, 0) is 23.8 Å². The largest absolute Gasteiger partial charge is 0.333 e. The zero-order valence-corrected chi connectivity index (χ0v) is 10.2. The zero-order chi connectivity index (χ0) is 13.2. The highest BCUT2D eigenvalue weighted by Crippen LogP contribution is 2.28. The number of fused-ring (bicyclic) bond motifs is 1. The molecule has 19 heavy (non-hydrogen) atoms. The van der Waals surface area contributed by atoms with Gasteiger partial charge >= 0.3 is 6.03 Å². The summed E-state index contributed by atoms with van der Waals surface area (Å²) in [7, 11) is 0. The van der Waals surface area contributed by atoms with Gasteiger partial charge in [-0.3, -0.25) is 4.79 Å². The van der Waals surface area contributed by atoms with Gasteiger partial charge in [0.05, 0.1) is 12.1 Å². The number of hydrogen-bond acceptors (Lipinski definition) is 2. The number of imide groups is 1. The maximum absolute atomic E-state index is 12.2. The fourth-order valence-electron chi connectivity index (χ4n) is 2.18. The molecule has 0 spiro atoms. The number of amides is 3. The summed E-state index contributed by atoms with van der Waals surface area (Å²) in [6, 6.07) is 16.0. The summed E-state index contributed by atoms with van der Waals surface area (Å²) in [5.74, 6) is -0.199. The van der Waals surface area contributed by atoms with Crippen LogP contribution in [-0.2, 0) is 11.2 Å². The maximum atomic E-state index is 12.2. The molecule has 0 saturated heterocycles. The molecule has 4 heteroatoms. The van der Waals surface area contributed by atoms with Crippen LogP contribution in [0.2, 0.25) is 0 Å². The van der Waals surface area contributed by atoms with Gasteiger partial charge in [0.1, 0.15) is 0 Å². The van der Waals surface area contributed by atoms with Crippen molar-refractivity contribution in [3.63, 3.8) is 0 Å². The lowest BCUT2D eigenvalue weighted by Crippen LogP contribution is -2.37. The minimum absolute atomic E-state index is 0.199.